The van der Waals surface area contributed by atoms with E-state index in [0.29, 0.717) is 11.6 Å². The van der Waals surface area contributed by atoms with Crippen LogP contribution in [0.3, 0.4) is 0 Å². The normalized spacial score (nSPS) is 10.9. The largest absolute Gasteiger partial charge is 0.450 e. The molecule has 6 nitrogen and oxygen atoms in total. The molecular formula is C22H20ClNO5. The lowest BCUT2D eigenvalue weighted by molar-refractivity contribution is -0.137. The molecule has 7 heteroatoms. The van der Waals surface area contributed by atoms with Crippen molar-refractivity contribution in [3.63, 3.8) is 0 Å². The van der Waals surface area contributed by atoms with Crippen LogP contribution in [-0.2, 0) is 16.1 Å². The number of rotatable bonds is 6. The average Bonchev–Trinajstić information content (AvgIpc) is 2.71. The molecule has 0 bridgehead atoms. The third-order valence-corrected chi connectivity index (χ3v) is 4.59. The van der Waals surface area contributed by atoms with E-state index in [-0.39, 0.29) is 28.7 Å². The van der Waals surface area contributed by atoms with Gasteiger partial charge in [0, 0.05) is 23.7 Å². The van der Waals surface area contributed by atoms with Gasteiger partial charge in [-0.1, -0.05) is 41.9 Å². The Bertz CT molecular complexity index is 1090. The van der Waals surface area contributed by atoms with Crippen molar-refractivity contribution in [2.24, 2.45) is 0 Å². The molecule has 1 amide bonds. The third-order valence-electron chi connectivity index (χ3n) is 4.36. The van der Waals surface area contributed by atoms with Gasteiger partial charge >= 0.3 is 5.97 Å². The number of carbonyl (C=O) groups excluding carboxylic acids is 2. The maximum atomic E-state index is 12.6. The number of nitrogens with zero attached hydrogens (tertiary/aromatic N) is 1. The molecular weight excluding hydrogens is 394 g/mol. The van der Waals surface area contributed by atoms with Gasteiger partial charge < -0.3 is 14.1 Å². The number of esters is 1. The third kappa shape index (κ3) is 5.03. The molecule has 0 unspecified atom stereocenters. The summed E-state index contributed by atoms with van der Waals surface area (Å²) in [5.41, 5.74) is 0.771. The van der Waals surface area contributed by atoms with E-state index in [0.717, 1.165) is 11.6 Å². The van der Waals surface area contributed by atoms with Gasteiger partial charge in [0.15, 0.2) is 12.0 Å². The highest BCUT2D eigenvalue weighted by Gasteiger charge is 2.21. The Balaban J connectivity index is 1.70. The van der Waals surface area contributed by atoms with Crippen molar-refractivity contribution in [1.82, 2.24) is 4.90 Å². The smallest absolute Gasteiger partial charge is 0.374 e. The first-order valence-corrected chi connectivity index (χ1v) is 9.47. The zero-order chi connectivity index (χ0) is 21.0. The average molecular weight is 414 g/mol. The van der Waals surface area contributed by atoms with Crippen molar-refractivity contribution >= 4 is 34.4 Å². The van der Waals surface area contributed by atoms with Crippen molar-refractivity contribution in [1.29, 1.82) is 0 Å². The first kappa shape index (κ1) is 20.6. The molecule has 0 fully saturated rings. The van der Waals surface area contributed by atoms with Crippen LogP contribution in [0.15, 0.2) is 63.8 Å². The molecule has 3 rings (SSSR count). The van der Waals surface area contributed by atoms with Gasteiger partial charge in [0.25, 0.3) is 5.91 Å². The highest BCUT2D eigenvalue weighted by atomic mass is 35.5. The molecule has 0 aliphatic heterocycles. The minimum absolute atomic E-state index is 0.0789. The second-order valence-electron chi connectivity index (χ2n) is 6.79. The minimum Gasteiger partial charge on any atom is -0.450 e. The number of carbonyl (C=O) groups is 2. The van der Waals surface area contributed by atoms with Gasteiger partial charge in [0.2, 0.25) is 5.76 Å². The fourth-order valence-electron chi connectivity index (χ4n) is 2.85. The van der Waals surface area contributed by atoms with E-state index in [1.54, 1.807) is 11.0 Å². The van der Waals surface area contributed by atoms with E-state index in [4.69, 9.17) is 20.8 Å². The van der Waals surface area contributed by atoms with Crippen LogP contribution in [0.5, 0.6) is 0 Å². The predicted octanol–water partition coefficient (Wildman–Crippen LogP) is 4.04. The van der Waals surface area contributed by atoms with Crippen LogP contribution in [0.2, 0.25) is 5.02 Å². The summed E-state index contributed by atoms with van der Waals surface area (Å²) in [4.78, 5) is 38.7. The highest BCUT2D eigenvalue weighted by Crippen LogP contribution is 2.18. The van der Waals surface area contributed by atoms with Crippen LogP contribution in [0.25, 0.3) is 11.0 Å². The summed E-state index contributed by atoms with van der Waals surface area (Å²) in [6.07, 6.45) is 0. The highest BCUT2D eigenvalue weighted by molar-refractivity contribution is 6.31. The van der Waals surface area contributed by atoms with Crippen LogP contribution in [0, 0.1) is 0 Å². The lowest BCUT2D eigenvalue weighted by Crippen LogP contribution is -2.39. The van der Waals surface area contributed by atoms with Gasteiger partial charge in [-0.05, 0) is 37.6 Å². The van der Waals surface area contributed by atoms with E-state index in [9.17, 15) is 14.4 Å². The molecule has 0 N–H and O–H groups in total. The zero-order valence-corrected chi connectivity index (χ0v) is 16.8. The van der Waals surface area contributed by atoms with Crippen LogP contribution in [-0.4, -0.2) is 29.4 Å². The Morgan fingerprint density at radius 3 is 2.52 bits per heavy atom. The Labute approximate surface area is 172 Å². The van der Waals surface area contributed by atoms with E-state index >= 15 is 0 Å². The zero-order valence-electron chi connectivity index (χ0n) is 16.1. The number of amides is 1. The predicted molar refractivity (Wildman–Crippen MR) is 110 cm³/mol. The number of ether oxygens (including phenoxy) is 1. The summed E-state index contributed by atoms with van der Waals surface area (Å²) in [7, 11) is 0. The Morgan fingerprint density at radius 1 is 1.10 bits per heavy atom. The molecule has 29 heavy (non-hydrogen) atoms. The van der Waals surface area contributed by atoms with Gasteiger partial charge in [-0.25, -0.2) is 4.79 Å². The van der Waals surface area contributed by atoms with Crippen molar-refractivity contribution < 1.29 is 18.7 Å². The Morgan fingerprint density at radius 2 is 1.83 bits per heavy atom. The van der Waals surface area contributed by atoms with E-state index < -0.39 is 18.0 Å². The number of hydrogen-bond donors (Lipinski definition) is 0. The molecule has 0 saturated carbocycles. The van der Waals surface area contributed by atoms with Gasteiger partial charge in [-0.15, -0.1) is 0 Å². The first-order valence-electron chi connectivity index (χ1n) is 9.09. The van der Waals surface area contributed by atoms with E-state index in [2.05, 4.69) is 0 Å². The van der Waals surface area contributed by atoms with Crippen molar-refractivity contribution in [2.75, 3.05) is 6.61 Å². The maximum absolute atomic E-state index is 12.6. The summed E-state index contributed by atoms with van der Waals surface area (Å²) in [5, 5.41) is 0.650. The van der Waals surface area contributed by atoms with E-state index in [1.165, 1.54) is 12.1 Å². The molecule has 1 aromatic heterocycles. The second-order valence-corrected chi connectivity index (χ2v) is 7.23. The van der Waals surface area contributed by atoms with Gasteiger partial charge in [0.05, 0.1) is 5.39 Å². The summed E-state index contributed by atoms with van der Waals surface area (Å²) < 4.78 is 10.5. The standard InChI is InChI=1S/C22H20ClNO5/c1-14(2)24(12-15-6-4-3-5-7-15)21(26)13-28-22(27)20-11-18(25)17-10-16(23)8-9-19(17)29-20/h3-11,14H,12-13H2,1-2H3. The molecule has 0 spiro atoms. The fourth-order valence-corrected chi connectivity index (χ4v) is 3.02. The lowest BCUT2D eigenvalue weighted by atomic mass is 10.2. The lowest BCUT2D eigenvalue weighted by Gasteiger charge is -2.26. The molecule has 0 aliphatic rings. The molecule has 3 aromatic rings. The first-order chi connectivity index (χ1) is 13.8. The van der Waals surface area contributed by atoms with Crippen molar-refractivity contribution in [3.8, 4) is 0 Å². The quantitative estimate of drug-likeness (QED) is 0.570. The molecule has 1 heterocycles. The van der Waals surface area contributed by atoms with Crippen LogP contribution in [0.1, 0.15) is 30.0 Å². The van der Waals surface area contributed by atoms with Crippen molar-refractivity contribution in [3.05, 3.63) is 81.2 Å². The van der Waals surface area contributed by atoms with Crippen LogP contribution in [0.4, 0.5) is 0 Å². The number of benzene rings is 2. The molecule has 150 valence electrons. The molecule has 2 aromatic carbocycles. The molecule has 0 saturated heterocycles. The minimum atomic E-state index is -0.879. The molecule has 0 atom stereocenters. The second kappa shape index (κ2) is 8.92. The summed E-state index contributed by atoms with van der Waals surface area (Å²) >= 11 is 5.88. The van der Waals surface area contributed by atoms with Gasteiger partial charge in [-0.2, -0.15) is 0 Å². The SMILES string of the molecule is CC(C)N(Cc1ccccc1)C(=O)COC(=O)c1cc(=O)c2cc(Cl)ccc2o1. The number of fused-ring (bicyclic) bond motifs is 1. The van der Waals surface area contributed by atoms with E-state index in [1.807, 2.05) is 44.2 Å². The Hall–Kier alpha value is -3.12. The Kier molecular flexibility index (Phi) is 6.34. The van der Waals surface area contributed by atoms with Crippen LogP contribution >= 0.6 is 11.6 Å². The number of halogens is 1. The number of hydrogen-bond acceptors (Lipinski definition) is 5. The monoisotopic (exact) mass is 413 g/mol. The maximum Gasteiger partial charge on any atom is 0.374 e. The van der Waals surface area contributed by atoms with Crippen LogP contribution < -0.4 is 5.43 Å². The molecule has 0 radical (unpaired) electrons. The van der Waals surface area contributed by atoms with Gasteiger partial charge in [0.1, 0.15) is 5.58 Å². The topological polar surface area (TPSA) is 76.8 Å². The molecule has 0 aliphatic carbocycles. The van der Waals surface area contributed by atoms with Crippen molar-refractivity contribution in [2.45, 2.75) is 26.4 Å². The summed E-state index contributed by atoms with van der Waals surface area (Å²) in [6, 6.07) is 15.0. The van der Waals surface area contributed by atoms with Gasteiger partial charge in [-0.3, -0.25) is 9.59 Å². The summed E-state index contributed by atoms with van der Waals surface area (Å²) in [5.74, 6) is -1.49. The summed E-state index contributed by atoms with van der Waals surface area (Å²) in [6.45, 7) is 3.72. The fraction of sp³-hybridized carbons (Fsp3) is 0.227.